The molecule has 0 saturated carbocycles. The Hall–Kier alpha value is -1.70. The van der Waals surface area contributed by atoms with Crippen molar-refractivity contribution < 1.29 is 17.9 Å². The van der Waals surface area contributed by atoms with Crippen molar-refractivity contribution >= 4 is 46.3 Å². The van der Waals surface area contributed by atoms with Crippen LogP contribution >= 0.6 is 17.0 Å². The number of hydrogen-bond donors (Lipinski definition) is 0. The summed E-state index contributed by atoms with van der Waals surface area (Å²) >= 11 is -3.87. The number of allylic oxidation sites excluding steroid dienone is 1. The maximum atomic E-state index is 7.68. The van der Waals surface area contributed by atoms with Crippen molar-refractivity contribution in [3.05, 3.63) is 107 Å². The standard InChI is InChI=1S/C19H19.C12H9Si.2ClH.Zr/c1-4-15-9-10-16-11-13(2)12-18(16)19(15)17-8-6-5-7-14(17)3;1-3-7-11-9(5-1)10-6-2-4-8-12(10)13-11;;;/h5-12H,4H2,1-3H3;1-7H,13H2;2*1H;/q;;;;+2/p-2. The second-order valence-electron chi connectivity index (χ2n) is 9.88. The molecule has 0 aromatic heterocycles. The van der Waals surface area contributed by atoms with Crippen LogP contribution in [0.15, 0.2) is 84.4 Å². The minimum absolute atomic E-state index is 0.125. The molecular weight excluding hydrogens is 563 g/mol. The predicted molar refractivity (Wildman–Crippen MR) is 153 cm³/mol. The average molecular weight is 591 g/mol. The zero-order valence-electron chi connectivity index (χ0n) is 20.3. The van der Waals surface area contributed by atoms with Crippen molar-refractivity contribution in [3.8, 4) is 22.3 Å². The van der Waals surface area contributed by atoms with Gasteiger partial charge in [0.15, 0.2) is 0 Å². The van der Waals surface area contributed by atoms with Gasteiger partial charge in [-0.2, -0.15) is 0 Å². The Morgan fingerprint density at radius 1 is 0.800 bits per heavy atom. The predicted octanol–water partition coefficient (Wildman–Crippen LogP) is 6.57. The summed E-state index contributed by atoms with van der Waals surface area (Å²) in [5.74, 6) is 0. The van der Waals surface area contributed by atoms with E-state index in [2.05, 4.69) is 106 Å². The molecular formula is C31H28Cl2SiZr. The normalized spacial score (nSPS) is 16.7. The molecule has 0 radical (unpaired) electrons. The van der Waals surface area contributed by atoms with E-state index in [0.717, 1.165) is 6.42 Å². The van der Waals surface area contributed by atoms with E-state index in [1.165, 1.54) is 63.7 Å². The molecule has 4 heteroatoms. The van der Waals surface area contributed by atoms with Gasteiger partial charge in [0.1, 0.15) is 0 Å². The van der Waals surface area contributed by atoms with E-state index in [1.54, 1.807) is 0 Å². The summed E-state index contributed by atoms with van der Waals surface area (Å²) in [5.41, 5.74) is 12.1. The fourth-order valence-corrected chi connectivity index (χ4v) is 23.4. The van der Waals surface area contributed by atoms with Crippen LogP contribution in [0, 0.1) is 6.92 Å². The van der Waals surface area contributed by atoms with Crippen molar-refractivity contribution in [2.24, 2.45) is 0 Å². The third kappa shape index (κ3) is 3.72. The van der Waals surface area contributed by atoms with Gasteiger partial charge in [-0.25, -0.2) is 0 Å². The van der Waals surface area contributed by atoms with Gasteiger partial charge in [-0.05, 0) is 0 Å². The number of fused-ring (bicyclic) bond motifs is 4. The van der Waals surface area contributed by atoms with Crippen LogP contribution in [-0.2, 0) is 24.3 Å². The second kappa shape index (κ2) is 9.00. The molecule has 0 bridgehead atoms. The molecule has 1 heterocycles. The van der Waals surface area contributed by atoms with Crippen LogP contribution in [0.5, 0.6) is 0 Å². The van der Waals surface area contributed by atoms with Gasteiger partial charge in [0.05, 0.1) is 0 Å². The molecule has 1 aliphatic heterocycles. The van der Waals surface area contributed by atoms with Crippen LogP contribution in [-0.4, -0.2) is 9.52 Å². The summed E-state index contributed by atoms with van der Waals surface area (Å²) < 4.78 is 1.42. The van der Waals surface area contributed by atoms with E-state index in [-0.39, 0.29) is 3.63 Å². The quantitative estimate of drug-likeness (QED) is 0.208. The van der Waals surface area contributed by atoms with Crippen LogP contribution in [0.2, 0.25) is 0 Å². The zero-order valence-corrected chi connectivity index (χ0v) is 25.7. The van der Waals surface area contributed by atoms with E-state index in [9.17, 15) is 0 Å². The molecule has 1 unspecified atom stereocenters. The van der Waals surface area contributed by atoms with Crippen molar-refractivity contribution in [1.82, 2.24) is 0 Å². The summed E-state index contributed by atoms with van der Waals surface area (Å²) in [5, 5.41) is 3.00. The monoisotopic (exact) mass is 588 g/mol. The molecule has 0 spiro atoms. The molecule has 0 nitrogen and oxygen atoms in total. The summed E-state index contributed by atoms with van der Waals surface area (Å²) in [6.07, 6.45) is 3.38. The second-order valence-corrected chi connectivity index (χ2v) is 25.7. The third-order valence-electron chi connectivity index (χ3n) is 7.87. The van der Waals surface area contributed by atoms with Crippen molar-refractivity contribution in [2.75, 3.05) is 0 Å². The number of aryl methyl sites for hydroxylation is 2. The molecule has 1 aliphatic carbocycles. The average Bonchev–Trinajstić information content (AvgIpc) is 3.41. The van der Waals surface area contributed by atoms with Crippen LogP contribution in [0.25, 0.3) is 28.3 Å². The van der Waals surface area contributed by atoms with Gasteiger partial charge < -0.3 is 0 Å². The summed E-state index contributed by atoms with van der Waals surface area (Å²) in [6.45, 7) is 6.69. The fourth-order valence-electron chi connectivity index (χ4n) is 6.22. The van der Waals surface area contributed by atoms with E-state index in [0.29, 0.717) is 0 Å². The molecule has 4 aromatic carbocycles. The fraction of sp³-hybridized carbons (Fsp3) is 0.161. The number of hydrogen-bond acceptors (Lipinski definition) is 0. The summed E-state index contributed by atoms with van der Waals surface area (Å²) in [7, 11) is 14.8. The van der Waals surface area contributed by atoms with Gasteiger partial charge in [0.25, 0.3) is 0 Å². The molecule has 0 fully saturated rings. The van der Waals surface area contributed by atoms with Crippen molar-refractivity contribution in [1.29, 1.82) is 0 Å². The number of benzene rings is 4. The first-order chi connectivity index (χ1) is 16.9. The van der Waals surface area contributed by atoms with Crippen molar-refractivity contribution in [2.45, 2.75) is 30.8 Å². The SMILES string of the molecule is CCc1ccc2c(c1-c1ccccc1C)C=C(C)[CH]2[Zr]([Cl])([Cl])[c]1cccc2c1[SiH2]c1ccccc1-2. The molecule has 35 heavy (non-hydrogen) atoms. The van der Waals surface area contributed by atoms with E-state index < -0.39 is 27.4 Å². The van der Waals surface area contributed by atoms with Gasteiger partial charge in [-0.1, -0.05) is 0 Å². The molecule has 1 atom stereocenters. The van der Waals surface area contributed by atoms with Gasteiger partial charge in [0, 0.05) is 0 Å². The Morgan fingerprint density at radius 3 is 2.29 bits per heavy atom. The maximum absolute atomic E-state index is 7.68. The van der Waals surface area contributed by atoms with Crippen LogP contribution in [0.1, 0.15) is 39.7 Å². The van der Waals surface area contributed by atoms with Gasteiger partial charge in [-0.3, -0.25) is 0 Å². The molecule has 2 aliphatic rings. The number of halogens is 2. The zero-order chi connectivity index (χ0) is 24.3. The van der Waals surface area contributed by atoms with Crippen LogP contribution in [0.3, 0.4) is 0 Å². The van der Waals surface area contributed by atoms with Crippen LogP contribution < -0.4 is 13.6 Å². The van der Waals surface area contributed by atoms with Gasteiger partial charge in [-0.15, -0.1) is 0 Å². The molecule has 0 saturated heterocycles. The first kappa shape index (κ1) is 23.7. The van der Waals surface area contributed by atoms with Crippen molar-refractivity contribution in [3.63, 3.8) is 0 Å². The topological polar surface area (TPSA) is 0 Å². The minimum atomic E-state index is -3.87. The Balaban J connectivity index is 1.52. The van der Waals surface area contributed by atoms with Crippen LogP contribution in [0.4, 0.5) is 0 Å². The molecule has 0 amide bonds. The first-order valence-electron chi connectivity index (χ1n) is 12.4. The number of rotatable bonds is 4. The molecule has 0 N–H and O–H groups in total. The first-order valence-corrected chi connectivity index (χ1v) is 22.8. The summed E-state index contributed by atoms with van der Waals surface area (Å²) in [6, 6.07) is 28.9. The Kier molecular flexibility index (Phi) is 6.09. The van der Waals surface area contributed by atoms with E-state index in [4.69, 9.17) is 17.0 Å². The molecule has 174 valence electrons. The Labute approximate surface area is 222 Å². The summed E-state index contributed by atoms with van der Waals surface area (Å²) in [4.78, 5) is 0. The van der Waals surface area contributed by atoms with Gasteiger partial charge >= 0.3 is 224 Å². The third-order valence-corrected chi connectivity index (χ3v) is 22.4. The molecule has 6 rings (SSSR count). The van der Waals surface area contributed by atoms with Gasteiger partial charge in [0.2, 0.25) is 0 Å². The Morgan fingerprint density at radius 2 is 1.51 bits per heavy atom. The van der Waals surface area contributed by atoms with E-state index >= 15 is 0 Å². The van der Waals surface area contributed by atoms with E-state index in [1.807, 2.05) is 0 Å². The molecule has 4 aromatic rings. The Bertz CT molecular complexity index is 1520.